The highest BCUT2D eigenvalue weighted by molar-refractivity contribution is 7.21. The standard InChI is InChI=1S/C29H40N2O7S.C25H30N2O7S.C18H24N2O6S.C11H16O2.CH4/c1-10-36-25(33)22-18(4)21-23(32)31(29(8,9)26(34)38-28(5,6)7)27(35)30(24(21)39-22)16-20(37-17(2)3)19-14-12-11-13-15-19;1-7-33-22(29)19-15(4)18-20(28)27(25(5,6)23(30)31)24(32)26(21(18)35-19)13-17(34-14(2)3)16-11-9-8-10-12-16;1-8-25-14(22)11-9(2)10-12(27-11)19-16(24)20(13(10)21)18(6,7)15(23)26-17(3,4)5;1-9(2)13-11(8-12)10-6-4-3-5-7-10;/h11-15,17,20,25,33H,10,16H2,1-9H3;8-12,14,17H,7,13H2,1-6H3,(H,30,31);8H2,1-7H3,(H,19,24);3-7,9,11-12H,8H2,1-2H3;1H4/t20-,25?;17-;;11-;/m00.0./s1. The highest BCUT2D eigenvalue weighted by Gasteiger charge is 2.42. The van der Waals surface area contributed by atoms with E-state index in [9.17, 15) is 63.0 Å². The van der Waals surface area contributed by atoms with E-state index in [-0.39, 0.29) is 107 Å². The molecule has 9 rings (SSSR count). The lowest BCUT2D eigenvalue weighted by molar-refractivity contribution is -0.165. The molecule has 0 aliphatic rings. The lowest BCUT2D eigenvalue weighted by Crippen LogP contribution is -2.54. The number of rotatable bonds is 27. The monoisotopic (exact) mass is 1650 g/mol. The molecule has 0 saturated carbocycles. The number of hydrogen-bond acceptors (Lipinski definition) is 24. The summed E-state index contributed by atoms with van der Waals surface area (Å²) >= 11 is 3.08. The summed E-state index contributed by atoms with van der Waals surface area (Å²) < 4.78 is 49.7. The molecule has 9 aromatic rings. The lowest BCUT2D eigenvalue weighted by atomic mass is 10.0. The molecule has 0 aliphatic carbocycles. The van der Waals surface area contributed by atoms with Crippen molar-refractivity contribution in [2.45, 2.75) is 257 Å². The molecule has 115 heavy (non-hydrogen) atoms. The predicted molar refractivity (Wildman–Crippen MR) is 447 cm³/mol. The number of aliphatic hydroxyl groups is 2. The minimum atomic E-state index is -1.83. The fourth-order valence-corrected chi connectivity index (χ4v) is 15.6. The maximum atomic E-state index is 14.2. The fraction of sp³-hybridized carbons (Fsp3) is 0.512. The van der Waals surface area contributed by atoms with Crippen molar-refractivity contribution < 1.29 is 77.2 Å². The molecular formula is C84H114N6O22S3. The van der Waals surface area contributed by atoms with Gasteiger partial charge < -0.3 is 53.2 Å². The number of fused-ring (bicyclic) bond motifs is 3. The molecule has 4 atom stereocenters. The molecule has 28 nitrogen and oxygen atoms in total. The van der Waals surface area contributed by atoms with Gasteiger partial charge in [-0.1, -0.05) is 98.4 Å². The summed E-state index contributed by atoms with van der Waals surface area (Å²) in [5.41, 5.74) is -6.91. The van der Waals surface area contributed by atoms with E-state index in [2.05, 4.69) is 4.98 Å². The summed E-state index contributed by atoms with van der Waals surface area (Å²) in [4.78, 5) is 148. The summed E-state index contributed by atoms with van der Waals surface area (Å²) in [5.74, 6) is -3.92. The number of aromatic amines is 1. The number of aromatic nitrogens is 6. The zero-order valence-corrected chi connectivity index (χ0v) is 72.0. The van der Waals surface area contributed by atoms with Gasteiger partial charge >= 0.3 is 46.9 Å². The van der Waals surface area contributed by atoms with Gasteiger partial charge in [-0.15, -0.1) is 34.0 Å². The second-order valence-electron chi connectivity index (χ2n) is 31.1. The summed E-state index contributed by atoms with van der Waals surface area (Å²) in [6.45, 7) is 41.0. The average molecular weight is 1660 g/mol. The van der Waals surface area contributed by atoms with Crippen LogP contribution in [0.2, 0.25) is 0 Å². The number of carboxylic acids is 1. The van der Waals surface area contributed by atoms with E-state index in [1.165, 1.54) is 50.7 Å². The molecule has 4 N–H and O–H groups in total. The highest BCUT2D eigenvalue weighted by atomic mass is 32.1. The molecule has 1 unspecified atom stereocenters. The predicted octanol–water partition coefficient (Wildman–Crippen LogP) is 13.6. The quantitative estimate of drug-likeness (QED) is 0.0211. The van der Waals surface area contributed by atoms with Gasteiger partial charge in [-0.3, -0.25) is 28.5 Å². The van der Waals surface area contributed by atoms with Crippen molar-refractivity contribution in [3.05, 3.63) is 202 Å². The Morgan fingerprint density at radius 3 is 1.19 bits per heavy atom. The average Bonchev–Trinajstić information content (AvgIpc) is 1.57. The topological polar surface area (TPSA) is 363 Å². The third kappa shape index (κ3) is 22.9. The lowest BCUT2D eigenvalue weighted by Gasteiger charge is -2.30. The van der Waals surface area contributed by atoms with Gasteiger partial charge in [-0.05, 0) is 200 Å². The number of ether oxygens (including phenoxy) is 8. The Bertz CT molecular complexity index is 5250. The largest absolute Gasteiger partial charge is 0.480 e. The third-order valence-electron chi connectivity index (χ3n) is 17.6. The number of carbonyl (C=O) groups is 5. The Kier molecular flexibility index (Phi) is 33.5. The number of hydrogen-bond donors (Lipinski definition) is 4. The molecule has 6 aromatic heterocycles. The molecule has 0 spiro atoms. The number of carbonyl (C=O) groups excluding carboxylic acids is 4. The van der Waals surface area contributed by atoms with Crippen LogP contribution in [-0.2, 0) is 82.0 Å². The van der Waals surface area contributed by atoms with E-state index in [4.69, 9.17) is 43.0 Å². The van der Waals surface area contributed by atoms with Crippen LogP contribution in [0, 0.1) is 20.8 Å². The normalized spacial score (nSPS) is 13.1. The van der Waals surface area contributed by atoms with Gasteiger partial charge in [-0.2, -0.15) is 0 Å². The molecule has 0 radical (unpaired) electrons. The zero-order chi connectivity index (χ0) is 85.8. The molecular weight excluding hydrogens is 1540 g/mol. The Labute approximate surface area is 681 Å². The third-order valence-corrected chi connectivity index (χ3v) is 21.4. The number of H-pyrrole nitrogens is 1. The van der Waals surface area contributed by atoms with Crippen molar-refractivity contribution in [3.8, 4) is 0 Å². The number of carboxylic acid groups (broad SMARTS) is 1. The molecule has 0 amide bonds. The molecule has 0 aliphatic heterocycles. The molecule has 0 bridgehead atoms. The second kappa shape index (κ2) is 40.0. The van der Waals surface area contributed by atoms with E-state index in [0.717, 1.165) is 64.4 Å². The first-order valence-electron chi connectivity index (χ1n) is 37.5. The molecule has 3 aromatic carbocycles. The number of benzene rings is 3. The van der Waals surface area contributed by atoms with Crippen LogP contribution < -0.4 is 33.7 Å². The van der Waals surface area contributed by atoms with Gasteiger partial charge in [0.1, 0.15) is 70.4 Å². The van der Waals surface area contributed by atoms with E-state index in [1.807, 2.05) is 133 Å². The Hall–Kier alpha value is -9.31. The Balaban J connectivity index is 0.000000287. The van der Waals surface area contributed by atoms with E-state index < -0.39 is 110 Å². The minimum absolute atomic E-state index is 0. The van der Waals surface area contributed by atoms with Gasteiger partial charge in [0.15, 0.2) is 6.29 Å². The maximum absolute atomic E-state index is 14.2. The SMILES string of the molecule is C.CC(C)O[C@@H](CO)c1ccccc1.CCOC(=O)c1sc2[nH]c(=O)n(C(C)(C)C(=O)OC(C)(C)C)c(=O)c2c1C.CCOC(=O)c1sc2c(c1C)c(=O)n(C(C)(C)C(=O)O)c(=O)n2C[C@H](OC(C)C)c1ccccc1.CCOC(O)c1sc2c(c1C)c(=O)n(C(C)(C)C(=O)OC(C)(C)C)c(=O)n2C[C@H](OC(C)C)c1ccccc1. The van der Waals surface area contributed by atoms with Gasteiger partial charge in [0.05, 0.1) is 72.3 Å². The summed E-state index contributed by atoms with van der Waals surface area (Å²) in [7, 11) is 0. The van der Waals surface area contributed by atoms with Crippen LogP contribution in [0.25, 0.3) is 30.6 Å². The summed E-state index contributed by atoms with van der Waals surface area (Å²) in [6, 6.07) is 28.6. The fourth-order valence-electron chi connectivity index (χ4n) is 12.1. The minimum Gasteiger partial charge on any atom is -0.480 e. The van der Waals surface area contributed by atoms with Crippen molar-refractivity contribution in [3.63, 3.8) is 0 Å². The summed E-state index contributed by atoms with van der Waals surface area (Å²) in [5, 5.41) is 30.1. The number of aliphatic hydroxyl groups excluding tert-OH is 2. The van der Waals surface area contributed by atoms with Crippen molar-refractivity contribution in [1.29, 1.82) is 0 Å². The van der Waals surface area contributed by atoms with Crippen LogP contribution in [0.1, 0.15) is 235 Å². The van der Waals surface area contributed by atoms with Gasteiger partial charge in [0, 0.05) is 6.61 Å². The molecule has 6 heterocycles. The van der Waals surface area contributed by atoms with Gasteiger partial charge in [0.2, 0.25) is 0 Å². The van der Waals surface area contributed by atoms with Gasteiger partial charge in [0.25, 0.3) is 16.7 Å². The number of esters is 4. The molecule has 0 saturated heterocycles. The Morgan fingerprint density at radius 1 is 0.470 bits per heavy atom. The van der Waals surface area contributed by atoms with Crippen LogP contribution >= 0.6 is 34.0 Å². The maximum Gasteiger partial charge on any atom is 0.348 e. The van der Waals surface area contributed by atoms with Crippen molar-refractivity contribution in [2.24, 2.45) is 0 Å². The first kappa shape index (κ1) is 96.3. The molecule has 0 fully saturated rings. The number of aryl methyl sites for hydroxylation is 3. The van der Waals surface area contributed by atoms with E-state index in [0.29, 0.717) is 26.4 Å². The van der Waals surface area contributed by atoms with Crippen LogP contribution in [0.3, 0.4) is 0 Å². The smallest absolute Gasteiger partial charge is 0.348 e. The summed E-state index contributed by atoms with van der Waals surface area (Å²) in [6.07, 6.45) is -2.73. The highest BCUT2D eigenvalue weighted by Crippen LogP contribution is 2.37. The number of aliphatic carboxylic acids is 1. The van der Waals surface area contributed by atoms with Crippen molar-refractivity contribution in [2.75, 3.05) is 26.4 Å². The number of nitrogens with one attached hydrogen (secondary N) is 1. The zero-order valence-electron chi connectivity index (χ0n) is 69.5. The van der Waals surface area contributed by atoms with Gasteiger partial charge in [-0.25, -0.2) is 52.1 Å². The molecule has 31 heteroatoms. The van der Waals surface area contributed by atoms with Crippen LogP contribution in [-0.4, -0.2) is 129 Å². The van der Waals surface area contributed by atoms with Crippen LogP contribution in [0.15, 0.2) is 120 Å². The van der Waals surface area contributed by atoms with Crippen LogP contribution in [0.5, 0.6) is 0 Å². The van der Waals surface area contributed by atoms with E-state index in [1.54, 1.807) is 83.1 Å². The van der Waals surface area contributed by atoms with E-state index >= 15 is 0 Å². The Morgan fingerprint density at radius 2 is 0.817 bits per heavy atom. The first-order chi connectivity index (χ1) is 53.1. The second-order valence-corrected chi connectivity index (χ2v) is 34.1. The number of thiophene rings is 3. The van der Waals surface area contributed by atoms with Crippen molar-refractivity contribution in [1.82, 2.24) is 27.8 Å². The molecule has 630 valence electrons. The van der Waals surface area contributed by atoms with Crippen LogP contribution in [0.4, 0.5) is 0 Å². The van der Waals surface area contributed by atoms with Crippen molar-refractivity contribution >= 4 is 94.5 Å². The first-order valence-corrected chi connectivity index (χ1v) is 39.9. The number of nitrogens with zero attached hydrogens (tertiary/aromatic N) is 5.